The predicted octanol–water partition coefficient (Wildman–Crippen LogP) is 2.30. The number of anilines is 1. The average Bonchev–Trinajstić information content (AvgIpc) is 2.86. The lowest BCUT2D eigenvalue weighted by molar-refractivity contribution is 0.0520. The monoisotopic (exact) mass is 258 g/mol. The lowest BCUT2D eigenvalue weighted by Gasteiger charge is -2.04. The first kappa shape index (κ1) is 11.6. The van der Waals surface area contributed by atoms with E-state index in [2.05, 4.69) is 15.4 Å². The molecule has 8 heteroatoms. The Balaban J connectivity index is 2.17. The van der Waals surface area contributed by atoms with Gasteiger partial charge in [-0.05, 0) is 13.0 Å². The number of hydrogen-bond acceptors (Lipinski definition) is 4. The minimum atomic E-state index is -2.84. The van der Waals surface area contributed by atoms with E-state index in [1.807, 2.05) is 6.92 Å². The molecule has 0 aromatic carbocycles. The quantitative estimate of drug-likeness (QED) is 0.918. The van der Waals surface area contributed by atoms with E-state index in [1.54, 1.807) is 6.20 Å². The van der Waals surface area contributed by atoms with Gasteiger partial charge in [-0.2, -0.15) is 18.6 Å². The number of nitrogens with one attached hydrogen (secondary N) is 1. The molecule has 1 amide bonds. The number of nitrogens with zero attached hydrogens (tertiary/aromatic N) is 3. The number of halogens is 2. The Hall–Kier alpha value is -1.83. The molecule has 0 saturated heterocycles. The van der Waals surface area contributed by atoms with Crippen LogP contribution in [0, 0.1) is 6.92 Å². The van der Waals surface area contributed by atoms with E-state index in [-0.39, 0.29) is 5.69 Å². The van der Waals surface area contributed by atoms with Gasteiger partial charge in [0.1, 0.15) is 5.69 Å². The van der Waals surface area contributed by atoms with Crippen LogP contribution in [0.3, 0.4) is 0 Å². The molecule has 0 aliphatic rings. The molecule has 0 fully saturated rings. The molecule has 2 aromatic heterocycles. The molecule has 0 spiro atoms. The fourth-order valence-electron chi connectivity index (χ4n) is 1.22. The molecule has 1 N–H and O–H groups in total. The highest BCUT2D eigenvalue weighted by molar-refractivity contribution is 7.15. The van der Waals surface area contributed by atoms with Crippen molar-refractivity contribution in [3.05, 3.63) is 29.0 Å². The largest absolute Gasteiger partial charge is 0.333 e. The summed E-state index contributed by atoms with van der Waals surface area (Å²) < 4.78 is 25.3. The molecule has 17 heavy (non-hydrogen) atoms. The van der Waals surface area contributed by atoms with E-state index in [0.29, 0.717) is 9.81 Å². The van der Waals surface area contributed by atoms with E-state index in [1.165, 1.54) is 17.4 Å². The Bertz CT molecular complexity index is 537. The van der Waals surface area contributed by atoms with Crippen molar-refractivity contribution in [3.8, 4) is 0 Å². The maximum absolute atomic E-state index is 12.5. The van der Waals surface area contributed by atoms with Crippen molar-refractivity contribution in [1.29, 1.82) is 0 Å². The zero-order valence-electron chi connectivity index (χ0n) is 8.72. The van der Waals surface area contributed by atoms with Crippen LogP contribution in [-0.2, 0) is 0 Å². The minimum absolute atomic E-state index is 0.201. The van der Waals surface area contributed by atoms with Crippen molar-refractivity contribution < 1.29 is 13.6 Å². The summed E-state index contributed by atoms with van der Waals surface area (Å²) in [5.41, 5.74) is -0.201. The van der Waals surface area contributed by atoms with E-state index in [0.717, 1.165) is 11.1 Å². The summed E-state index contributed by atoms with van der Waals surface area (Å²) in [6, 6.07) is 1.22. The van der Waals surface area contributed by atoms with Gasteiger partial charge in [-0.1, -0.05) is 0 Å². The molecule has 0 atom stereocenters. The van der Waals surface area contributed by atoms with Gasteiger partial charge in [-0.15, -0.1) is 11.3 Å². The SMILES string of the molecule is Cc1cnc(NC(=O)c2ccnn2C(F)F)s1. The second kappa shape index (κ2) is 4.58. The topological polar surface area (TPSA) is 59.8 Å². The highest BCUT2D eigenvalue weighted by atomic mass is 32.1. The first-order valence-electron chi connectivity index (χ1n) is 4.63. The van der Waals surface area contributed by atoms with Crippen LogP contribution in [0.25, 0.3) is 0 Å². The zero-order chi connectivity index (χ0) is 12.4. The third kappa shape index (κ3) is 2.47. The van der Waals surface area contributed by atoms with Crippen LogP contribution in [0.15, 0.2) is 18.5 Å². The lowest BCUT2D eigenvalue weighted by Crippen LogP contribution is -2.18. The van der Waals surface area contributed by atoms with Gasteiger partial charge in [0, 0.05) is 17.3 Å². The number of aromatic nitrogens is 3. The molecule has 0 aliphatic heterocycles. The Morgan fingerprint density at radius 2 is 2.35 bits per heavy atom. The van der Waals surface area contributed by atoms with Crippen LogP contribution in [0.4, 0.5) is 13.9 Å². The van der Waals surface area contributed by atoms with Gasteiger partial charge < -0.3 is 0 Å². The summed E-state index contributed by atoms with van der Waals surface area (Å²) in [6.07, 6.45) is 2.73. The second-order valence-corrected chi connectivity index (χ2v) is 4.40. The third-order valence-electron chi connectivity index (χ3n) is 1.93. The first-order chi connectivity index (χ1) is 8.08. The molecule has 0 aliphatic carbocycles. The number of amides is 1. The molecule has 0 saturated carbocycles. The van der Waals surface area contributed by atoms with Crippen LogP contribution >= 0.6 is 11.3 Å². The average molecular weight is 258 g/mol. The number of carbonyl (C=O) groups is 1. The maximum Gasteiger partial charge on any atom is 0.333 e. The number of hydrogen-bond donors (Lipinski definition) is 1. The standard InChI is InChI=1S/C9H8F2N4OS/c1-5-4-12-9(17-5)14-7(16)6-2-3-13-15(6)8(10)11/h2-4,8H,1H3,(H,12,14,16). The molecule has 0 unspecified atom stereocenters. The van der Waals surface area contributed by atoms with Crippen molar-refractivity contribution in [1.82, 2.24) is 14.8 Å². The van der Waals surface area contributed by atoms with Crippen LogP contribution in [0.1, 0.15) is 21.9 Å². The van der Waals surface area contributed by atoms with Crippen LogP contribution in [-0.4, -0.2) is 20.7 Å². The molecule has 5 nitrogen and oxygen atoms in total. The Morgan fingerprint density at radius 3 is 2.94 bits per heavy atom. The van der Waals surface area contributed by atoms with Gasteiger partial charge in [-0.3, -0.25) is 10.1 Å². The summed E-state index contributed by atoms with van der Waals surface area (Å²) in [6.45, 7) is -1.01. The van der Waals surface area contributed by atoms with Gasteiger partial charge in [0.05, 0.1) is 0 Å². The maximum atomic E-state index is 12.5. The van der Waals surface area contributed by atoms with Crippen LogP contribution in [0.5, 0.6) is 0 Å². The summed E-state index contributed by atoms with van der Waals surface area (Å²) in [7, 11) is 0. The number of carbonyl (C=O) groups excluding carboxylic acids is 1. The number of alkyl halides is 2. The number of thiazole rings is 1. The molecule has 90 valence electrons. The Kier molecular flexibility index (Phi) is 3.14. The van der Waals surface area contributed by atoms with Gasteiger partial charge in [-0.25, -0.2) is 4.98 Å². The second-order valence-electron chi connectivity index (χ2n) is 3.17. The zero-order valence-corrected chi connectivity index (χ0v) is 9.54. The molecule has 2 heterocycles. The van der Waals surface area contributed by atoms with Crippen molar-refractivity contribution >= 4 is 22.4 Å². The normalized spacial score (nSPS) is 10.8. The minimum Gasteiger partial charge on any atom is -0.296 e. The van der Waals surface area contributed by atoms with Crippen molar-refractivity contribution in [3.63, 3.8) is 0 Å². The van der Waals surface area contributed by atoms with Crippen LogP contribution in [0.2, 0.25) is 0 Å². The molecule has 0 radical (unpaired) electrons. The van der Waals surface area contributed by atoms with Gasteiger partial charge in [0.15, 0.2) is 5.13 Å². The van der Waals surface area contributed by atoms with Crippen molar-refractivity contribution in [2.45, 2.75) is 13.5 Å². The highest BCUT2D eigenvalue weighted by Gasteiger charge is 2.18. The van der Waals surface area contributed by atoms with E-state index >= 15 is 0 Å². The van der Waals surface area contributed by atoms with Crippen molar-refractivity contribution in [2.75, 3.05) is 5.32 Å². The Morgan fingerprint density at radius 1 is 1.59 bits per heavy atom. The van der Waals surface area contributed by atoms with Crippen LogP contribution < -0.4 is 5.32 Å². The number of rotatable bonds is 3. The van der Waals surface area contributed by atoms with Gasteiger partial charge in [0.25, 0.3) is 5.91 Å². The molecule has 2 rings (SSSR count). The van der Waals surface area contributed by atoms with E-state index < -0.39 is 12.5 Å². The number of aryl methyl sites for hydroxylation is 1. The predicted molar refractivity (Wildman–Crippen MR) is 58.3 cm³/mol. The molecular formula is C9H8F2N4OS. The molecule has 0 bridgehead atoms. The summed E-state index contributed by atoms with van der Waals surface area (Å²) >= 11 is 1.27. The Labute approximate surface area is 99.1 Å². The van der Waals surface area contributed by atoms with E-state index in [4.69, 9.17) is 0 Å². The molecular weight excluding hydrogens is 250 g/mol. The van der Waals surface area contributed by atoms with E-state index in [9.17, 15) is 13.6 Å². The molecule has 2 aromatic rings. The first-order valence-corrected chi connectivity index (χ1v) is 5.45. The van der Waals surface area contributed by atoms with Gasteiger partial charge in [0.2, 0.25) is 0 Å². The summed E-state index contributed by atoms with van der Waals surface area (Å²) in [5.74, 6) is -0.655. The van der Waals surface area contributed by atoms with Gasteiger partial charge >= 0.3 is 6.55 Å². The lowest BCUT2D eigenvalue weighted by atomic mass is 10.4. The highest BCUT2D eigenvalue weighted by Crippen LogP contribution is 2.18. The third-order valence-corrected chi connectivity index (χ3v) is 2.76. The fraction of sp³-hybridized carbons (Fsp3) is 0.222. The van der Waals surface area contributed by atoms with Crippen molar-refractivity contribution in [2.24, 2.45) is 0 Å². The summed E-state index contributed by atoms with van der Waals surface area (Å²) in [4.78, 5) is 16.5. The smallest absolute Gasteiger partial charge is 0.296 e. The fourth-order valence-corrected chi connectivity index (χ4v) is 1.88. The summed E-state index contributed by atoms with van der Waals surface area (Å²) in [5, 5.41) is 6.18.